The van der Waals surface area contributed by atoms with Crippen LogP contribution in [0, 0.1) is 0 Å². The summed E-state index contributed by atoms with van der Waals surface area (Å²) in [6.45, 7) is 6.35. The molecule has 0 spiro atoms. The SMILES string of the molecule is CCOC(=O)Cc1c(C(C)C)oc2ccccc12. The van der Waals surface area contributed by atoms with E-state index in [4.69, 9.17) is 9.15 Å². The fraction of sp³-hybridized carbons (Fsp3) is 0.400. The van der Waals surface area contributed by atoms with Gasteiger partial charge in [-0.05, 0) is 13.0 Å². The number of carbonyl (C=O) groups excluding carboxylic acids is 1. The lowest BCUT2D eigenvalue weighted by Crippen LogP contribution is -2.08. The number of hydrogen-bond acceptors (Lipinski definition) is 3. The quantitative estimate of drug-likeness (QED) is 0.773. The average Bonchev–Trinajstić information content (AvgIpc) is 2.69. The molecular weight excluding hydrogens is 228 g/mol. The first-order valence-corrected chi connectivity index (χ1v) is 6.29. The van der Waals surface area contributed by atoms with E-state index < -0.39 is 0 Å². The van der Waals surface area contributed by atoms with Crippen LogP contribution in [0.4, 0.5) is 0 Å². The number of fused-ring (bicyclic) bond motifs is 1. The van der Waals surface area contributed by atoms with Crippen molar-refractivity contribution in [2.45, 2.75) is 33.1 Å². The standard InChI is InChI=1S/C15H18O3/c1-4-17-14(16)9-12-11-7-5-6-8-13(11)18-15(12)10(2)3/h5-8,10H,4,9H2,1-3H3. The minimum absolute atomic E-state index is 0.203. The summed E-state index contributed by atoms with van der Waals surface area (Å²) < 4.78 is 10.9. The Morgan fingerprint density at radius 3 is 2.72 bits per heavy atom. The smallest absolute Gasteiger partial charge is 0.310 e. The number of ether oxygens (including phenoxy) is 1. The van der Waals surface area contributed by atoms with Crippen molar-refractivity contribution in [2.24, 2.45) is 0 Å². The molecule has 0 amide bonds. The van der Waals surface area contributed by atoms with Gasteiger partial charge in [0, 0.05) is 16.9 Å². The Kier molecular flexibility index (Phi) is 3.70. The predicted molar refractivity (Wildman–Crippen MR) is 70.6 cm³/mol. The molecule has 0 aliphatic heterocycles. The number of esters is 1. The van der Waals surface area contributed by atoms with Gasteiger partial charge < -0.3 is 9.15 Å². The van der Waals surface area contributed by atoms with Crippen molar-refractivity contribution < 1.29 is 13.9 Å². The number of para-hydroxylation sites is 1. The van der Waals surface area contributed by atoms with Gasteiger partial charge in [0.1, 0.15) is 11.3 Å². The Morgan fingerprint density at radius 2 is 2.06 bits per heavy atom. The third kappa shape index (κ3) is 2.40. The molecule has 1 aromatic heterocycles. The Balaban J connectivity index is 2.45. The van der Waals surface area contributed by atoms with E-state index in [9.17, 15) is 4.79 Å². The second-order valence-electron chi connectivity index (χ2n) is 4.58. The molecule has 2 aromatic rings. The summed E-state index contributed by atoms with van der Waals surface area (Å²) in [7, 11) is 0. The van der Waals surface area contributed by atoms with Gasteiger partial charge in [0.05, 0.1) is 13.0 Å². The molecule has 18 heavy (non-hydrogen) atoms. The van der Waals surface area contributed by atoms with E-state index >= 15 is 0 Å². The minimum atomic E-state index is -0.203. The summed E-state index contributed by atoms with van der Waals surface area (Å²) >= 11 is 0. The summed E-state index contributed by atoms with van der Waals surface area (Å²) in [5.41, 5.74) is 1.79. The van der Waals surface area contributed by atoms with Crippen molar-refractivity contribution in [2.75, 3.05) is 6.61 Å². The Bertz CT molecular complexity index is 552. The molecule has 0 unspecified atom stereocenters. The lowest BCUT2D eigenvalue weighted by molar-refractivity contribution is -0.142. The zero-order chi connectivity index (χ0) is 13.1. The van der Waals surface area contributed by atoms with Gasteiger partial charge in [0.25, 0.3) is 0 Å². The topological polar surface area (TPSA) is 39.4 Å². The largest absolute Gasteiger partial charge is 0.466 e. The van der Waals surface area contributed by atoms with Crippen LogP contribution in [-0.2, 0) is 16.0 Å². The van der Waals surface area contributed by atoms with Gasteiger partial charge in [-0.15, -0.1) is 0 Å². The second-order valence-corrected chi connectivity index (χ2v) is 4.58. The highest BCUT2D eigenvalue weighted by Gasteiger charge is 2.19. The Morgan fingerprint density at radius 1 is 1.33 bits per heavy atom. The van der Waals surface area contributed by atoms with Crippen molar-refractivity contribution >= 4 is 16.9 Å². The molecule has 0 saturated carbocycles. The summed E-state index contributed by atoms with van der Waals surface area (Å²) in [4.78, 5) is 11.7. The van der Waals surface area contributed by atoms with E-state index in [0.29, 0.717) is 6.61 Å². The van der Waals surface area contributed by atoms with Crippen LogP contribution in [0.5, 0.6) is 0 Å². The highest BCUT2D eigenvalue weighted by atomic mass is 16.5. The molecule has 3 nitrogen and oxygen atoms in total. The van der Waals surface area contributed by atoms with Crippen molar-refractivity contribution in [1.82, 2.24) is 0 Å². The lowest BCUT2D eigenvalue weighted by atomic mass is 10.0. The Hall–Kier alpha value is -1.77. The van der Waals surface area contributed by atoms with E-state index in [1.807, 2.05) is 31.2 Å². The fourth-order valence-electron chi connectivity index (χ4n) is 2.12. The zero-order valence-electron chi connectivity index (χ0n) is 11.0. The van der Waals surface area contributed by atoms with Gasteiger partial charge in [-0.1, -0.05) is 32.0 Å². The highest BCUT2D eigenvalue weighted by Crippen LogP contribution is 2.31. The second kappa shape index (κ2) is 5.25. The first kappa shape index (κ1) is 12.7. The van der Waals surface area contributed by atoms with Gasteiger partial charge in [-0.3, -0.25) is 4.79 Å². The minimum Gasteiger partial charge on any atom is -0.466 e. The fourth-order valence-corrected chi connectivity index (χ4v) is 2.12. The van der Waals surface area contributed by atoms with Crippen LogP contribution in [0.25, 0.3) is 11.0 Å². The number of rotatable bonds is 4. The molecule has 96 valence electrons. The van der Waals surface area contributed by atoms with E-state index in [0.717, 1.165) is 22.3 Å². The Labute approximate surface area is 107 Å². The van der Waals surface area contributed by atoms with Crippen LogP contribution in [0.1, 0.15) is 38.0 Å². The maximum absolute atomic E-state index is 11.7. The molecule has 2 rings (SSSR count). The van der Waals surface area contributed by atoms with E-state index in [-0.39, 0.29) is 18.3 Å². The summed E-state index contributed by atoms with van der Waals surface area (Å²) in [6, 6.07) is 7.80. The van der Waals surface area contributed by atoms with Gasteiger partial charge in [-0.25, -0.2) is 0 Å². The molecule has 0 atom stereocenters. The lowest BCUT2D eigenvalue weighted by Gasteiger charge is -2.05. The zero-order valence-corrected chi connectivity index (χ0v) is 11.0. The van der Waals surface area contributed by atoms with Crippen LogP contribution in [0.2, 0.25) is 0 Å². The third-order valence-corrected chi connectivity index (χ3v) is 2.88. The van der Waals surface area contributed by atoms with Crippen LogP contribution in [0.3, 0.4) is 0 Å². The molecule has 0 radical (unpaired) electrons. The number of benzene rings is 1. The van der Waals surface area contributed by atoms with Crippen LogP contribution >= 0.6 is 0 Å². The monoisotopic (exact) mass is 246 g/mol. The van der Waals surface area contributed by atoms with E-state index in [2.05, 4.69) is 13.8 Å². The molecule has 0 N–H and O–H groups in total. The predicted octanol–water partition coefficient (Wildman–Crippen LogP) is 3.66. The molecule has 0 aliphatic rings. The molecule has 1 heterocycles. The number of furan rings is 1. The maximum Gasteiger partial charge on any atom is 0.310 e. The van der Waals surface area contributed by atoms with Crippen molar-refractivity contribution in [3.05, 3.63) is 35.6 Å². The summed E-state index contributed by atoms with van der Waals surface area (Å²) in [5.74, 6) is 0.928. The highest BCUT2D eigenvalue weighted by molar-refractivity contribution is 5.87. The van der Waals surface area contributed by atoms with Crippen molar-refractivity contribution in [3.63, 3.8) is 0 Å². The van der Waals surface area contributed by atoms with Gasteiger partial charge in [0.2, 0.25) is 0 Å². The molecule has 0 saturated heterocycles. The molecule has 3 heteroatoms. The molecule has 1 aromatic carbocycles. The van der Waals surface area contributed by atoms with E-state index in [1.54, 1.807) is 0 Å². The number of carbonyl (C=O) groups is 1. The van der Waals surface area contributed by atoms with E-state index in [1.165, 1.54) is 0 Å². The first-order chi connectivity index (χ1) is 8.63. The third-order valence-electron chi connectivity index (χ3n) is 2.88. The maximum atomic E-state index is 11.7. The van der Waals surface area contributed by atoms with Gasteiger partial charge >= 0.3 is 5.97 Å². The van der Waals surface area contributed by atoms with Crippen molar-refractivity contribution in [3.8, 4) is 0 Å². The van der Waals surface area contributed by atoms with Crippen molar-refractivity contribution in [1.29, 1.82) is 0 Å². The summed E-state index contributed by atoms with van der Waals surface area (Å²) in [5, 5.41) is 1.01. The van der Waals surface area contributed by atoms with Gasteiger partial charge in [0.15, 0.2) is 0 Å². The van der Waals surface area contributed by atoms with Gasteiger partial charge in [-0.2, -0.15) is 0 Å². The molecule has 0 bridgehead atoms. The van der Waals surface area contributed by atoms with Crippen LogP contribution < -0.4 is 0 Å². The molecule has 0 fully saturated rings. The normalized spacial score (nSPS) is 11.1. The molecule has 0 aliphatic carbocycles. The average molecular weight is 246 g/mol. The van der Waals surface area contributed by atoms with Crippen LogP contribution in [-0.4, -0.2) is 12.6 Å². The first-order valence-electron chi connectivity index (χ1n) is 6.29. The number of hydrogen-bond donors (Lipinski definition) is 0. The summed E-state index contributed by atoms with van der Waals surface area (Å²) in [6.07, 6.45) is 0.276. The van der Waals surface area contributed by atoms with Crippen LogP contribution in [0.15, 0.2) is 28.7 Å². The molecular formula is C15H18O3.